The van der Waals surface area contributed by atoms with Gasteiger partial charge in [-0.3, -0.25) is 9.69 Å². The van der Waals surface area contributed by atoms with Gasteiger partial charge in [0.1, 0.15) is 11.6 Å². The van der Waals surface area contributed by atoms with Crippen LogP contribution in [0.1, 0.15) is 38.8 Å². The molecule has 6 nitrogen and oxygen atoms in total. The van der Waals surface area contributed by atoms with E-state index in [2.05, 4.69) is 10.2 Å². The fourth-order valence-electron chi connectivity index (χ4n) is 3.00. The van der Waals surface area contributed by atoms with Gasteiger partial charge in [0.2, 0.25) is 5.91 Å². The number of benzene rings is 1. The highest BCUT2D eigenvalue weighted by atomic mass is 16.6. The van der Waals surface area contributed by atoms with Gasteiger partial charge in [0.25, 0.3) is 0 Å². The molecule has 2 rings (SSSR count). The highest BCUT2D eigenvalue weighted by Gasteiger charge is 2.32. The second-order valence-electron chi connectivity index (χ2n) is 7.25. The number of carbonyl (C=O) groups excluding carboxylic acids is 2. The summed E-state index contributed by atoms with van der Waals surface area (Å²) < 4.78 is 5.24. The number of hydrogen-bond acceptors (Lipinski definition) is 4. The first kappa shape index (κ1) is 18.3. The standard InChI is InChI=1S/C18H27N3O3/c1-18(2,3)24-17(23)20-11-13-9-10-21(12-13)15(16(19)22)14-7-5-4-6-8-14/h4-8,13,15H,9-12H2,1-3H3,(H2,19,22)(H,20,23). The van der Waals surface area contributed by atoms with E-state index in [-0.39, 0.29) is 11.8 Å². The molecule has 1 aromatic rings. The Balaban J connectivity index is 1.89. The van der Waals surface area contributed by atoms with Crippen molar-refractivity contribution in [2.75, 3.05) is 19.6 Å². The Bertz CT molecular complexity index is 569. The zero-order valence-corrected chi connectivity index (χ0v) is 14.6. The summed E-state index contributed by atoms with van der Waals surface area (Å²) in [5.74, 6) is -0.0648. The van der Waals surface area contributed by atoms with Gasteiger partial charge >= 0.3 is 6.09 Å². The lowest BCUT2D eigenvalue weighted by Crippen LogP contribution is -2.38. The quantitative estimate of drug-likeness (QED) is 0.864. The van der Waals surface area contributed by atoms with Crippen LogP contribution < -0.4 is 11.1 Å². The van der Waals surface area contributed by atoms with Gasteiger partial charge in [-0.05, 0) is 45.2 Å². The van der Waals surface area contributed by atoms with Gasteiger partial charge in [-0.2, -0.15) is 0 Å². The molecule has 0 aromatic heterocycles. The Labute approximate surface area is 143 Å². The van der Waals surface area contributed by atoms with Crippen molar-refractivity contribution in [1.82, 2.24) is 10.2 Å². The number of hydrogen-bond donors (Lipinski definition) is 2. The second-order valence-corrected chi connectivity index (χ2v) is 7.25. The van der Waals surface area contributed by atoms with Crippen LogP contribution in [0.2, 0.25) is 0 Å². The zero-order chi connectivity index (χ0) is 17.7. The zero-order valence-electron chi connectivity index (χ0n) is 14.6. The number of carbonyl (C=O) groups is 2. The van der Waals surface area contributed by atoms with Crippen molar-refractivity contribution < 1.29 is 14.3 Å². The maximum absolute atomic E-state index is 11.9. The largest absolute Gasteiger partial charge is 0.444 e. The minimum Gasteiger partial charge on any atom is -0.444 e. The molecule has 2 unspecified atom stereocenters. The predicted octanol–water partition coefficient (Wildman–Crippen LogP) is 2.06. The lowest BCUT2D eigenvalue weighted by molar-refractivity contribution is -0.123. The first-order valence-corrected chi connectivity index (χ1v) is 8.31. The van der Waals surface area contributed by atoms with Crippen LogP contribution in [0.25, 0.3) is 0 Å². The minimum absolute atomic E-state index is 0.281. The Morgan fingerprint density at radius 1 is 1.33 bits per heavy atom. The van der Waals surface area contributed by atoms with Crippen molar-refractivity contribution in [3.63, 3.8) is 0 Å². The first-order chi connectivity index (χ1) is 11.3. The number of rotatable bonds is 5. The average Bonchev–Trinajstić information content (AvgIpc) is 2.93. The van der Waals surface area contributed by atoms with Gasteiger partial charge in [-0.25, -0.2) is 4.79 Å². The Morgan fingerprint density at radius 2 is 2.00 bits per heavy atom. The van der Waals surface area contributed by atoms with Crippen LogP contribution in [0, 0.1) is 5.92 Å². The van der Waals surface area contributed by atoms with Gasteiger partial charge in [0.15, 0.2) is 0 Å². The maximum atomic E-state index is 11.9. The molecule has 1 heterocycles. The fraction of sp³-hybridized carbons (Fsp3) is 0.556. The fourth-order valence-corrected chi connectivity index (χ4v) is 3.00. The number of nitrogens with zero attached hydrogens (tertiary/aromatic N) is 1. The minimum atomic E-state index is -0.504. The van der Waals surface area contributed by atoms with E-state index in [1.165, 1.54) is 0 Å². The third-order valence-electron chi connectivity index (χ3n) is 4.00. The van der Waals surface area contributed by atoms with Crippen molar-refractivity contribution in [3.05, 3.63) is 35.9 Å². The summed E-state index contributed by atoms with van der Waals surface area (Å²) in [5, 5.41) is 2.81. The molecule has 0 spiro atoms. The van der Waals surface area contributed by atoms with Crippen molar-refractivity contribution >= 4 is 12.0 Å². The van der Waals surface area contributed by atoms with E-state index in [0.717, 1.165) is 25.1 Å². The van der Waals surface area contributed by atoms with Crippen molar-refractivity contribution in [2.45, 2.75) is 38.8 Å². The van der Waals surface area contributed by atoms with E-state index >= 15 is 0 Å². The molecule has 132 valence electrons. The molecular formula is C18H27N3O3. The third-order valence-corrected chi connectivity index (χ3v) is 4.00. The average molecular weight is 333 g/mol. The summed E-state index contributed by atoms with van der Waals surface area (Å²) >= 11 is 0. The normalized spacial score (nSPS) is 19.7. The van der Waals surface area contributed by atoms with Crippen LogP contribution in [0.15, 0.2) is 30.3 Å². The molecule has 0 saturated carbocycles. The van der Waals surface area contributed by atoms with Crippen molar-refractivity contribution in [1.29, 1.82) is 0 Å². The molecule has 24 heavy (non-hydrogen) atoms. The number of alkyl carbamates (subject to hydrolysis) is 1. The van der Waals surface area contributed by atoms with E-state index < -0.39 is 17.7 Å². The second kappa shape index (κ2) is 7.66. The molecule has 1 fully saturated rings. The molecule has 1 aliphatic rings. The number of primary amides is 1. The van der Waals surface area contributed by atoms with Crippen LogP contribution in [-0.2, 0) is 9.53 Å². The monoisotopic (exact) mass is 333 g/mol. The molecule has 0 aliphatic carbocycles. The summed E-state index contributed by atoms with van der Waals surface area (Å²) in [7, 11) is 0. The molecule has 1 aliphatic heterocycles. The Morgan fingerprint density at radius 3 is 2.58 bits per heavy atom. The van der Waals surface area contributed by atoms with Gasteiger partial charge in [-0.15, -0.1) is 0 Å². The predicted molar refractivity (Wildman–Crippen MR) is 92.3 cm³/mol. The van der Waals surface area contributed by atoms with Gasteiger partial charge in [0.05, 0.1) is 0 Å². The highest BCUT2D eigenvalue weighted by molar-refractivity contribution is 5.81. The molecule has 6 heteroatoms. The van der Waals surface area contributed by atoms with E-state index in [9.17, 15) is 9.59 Å². The van der Waals surface area contributed by atoms with Crippen LogP contribution >= 0.6 is 0 Å². The molecule has 1 saturated heterocycles. The summed E-state index contributed by atoms with van der Waals surface area (Å²) in [6.07, 6.45) is 0.502. The van der Waals surface area contributed by atoms with Crippen LogP contribution in [0.5, 0.6) is 0 Å². The maximum Gasteiger partial charge on any atom is 0.407 e. The number of likely N-dealkylation sites (tertiary alicyclic amines) is 1. The number of ether oxygens (including phenoxy) is 1. The molecule has 2 atom stereocenters. The Hall–Kier alpha value is -2.08. The Kier molecular flexibility index (Phi) is 5.83. The van der Waals surface area contributed by atoms with Crippen LogP contribution in [0.4, 0.5) is 4.79 Å². The molecule has 3 N–H and O–H groups in total. The first-order valence-electron chi connectivity index (χ1n) is 8.31. The molecular weight excluding hydrogens is 306 g/mol. The van der Waals surface area contributed by atoms with E-state index in [4.69, 9.17) is 10.5 Å². The lowest BCUT2D eigenvalue weighted by atomic mass is 10.0. The molecule has 0 radical (unpaired) electrons. The highest BCUT2D eigenvalue weighted by Crippen LogP contribution is 2.27. The number of nitrogens with one attached hydrogen (secondary N) is 1. The van der Waals surface area contributed by atoms with Crippen LogP contribution in [0.3, 0.4) is 0 Å². The van der Waals surface area contributed by atoms with Gasteiger partial charge in [0, 0.05) is 13.1 Å². The SMILES string of the molecule is CC(C)(C)OC(=O)NCC1CCN(C(C(N)=O)c2ccccc2)C1. The van der Waals surface area contributed by atoms with E-state index in [1.807, 2.05) is 51.1 Å². The smallest absolute Gasteiger partial charge is 0.407 e. The molecule has 0 bridgehead atoms. The van der Waals surface area contributed by atoms with E-state index in [0.29, 0.717) is 6.54 Å². The summed E-state index contributed by atoms with van der Waals surface area (Å²) in [5.41, 5.74) is 6.02. The van der Waals surface area contributed by atoms with Gasteiger partial charge < -0.3 is 15.8 Å². The number of amides is 2. The summed E-state index contributed by atoms with van der Waals surface area (Å²) in [6, 6.07) is 9.14. The van der Waals surface area contributed by atoms with Crippen molar-refractivity contribution in [3.8, 4) is 0 Å². The summed E-state index contributed by atoms with van der Waals surface area (Å²) in [4.78, 5) is 25.7. The molecule has 1 aromatic carbocycles. The van der Waals surface area contributed by atoms with Gasteiger partial charge in [-0.1, -0.05) is 30.3 Å². The summed E-state index contributed by atoms with van der Waals surface area (Å²) in [6.45, 7) is 7.54. The van der Waals surface area contributed by atoms with E-state index in [1.54, 1.807) is 0 Å². The number of nitrogens with two attached hydrogens (primary N) is 1. The van der Waals surface area contributed by atoms with Crippen LogP contribution in [-0.4, -0.2) is 42.1 Å². The molecule has 2 amide bonds. The lowest BCUT2D eigenvalue weighted by Gasteiger charge is -2.25. The van der Waals surface area contributed by atoms with Crippen molar-refractivity contribution in [2.24, 2.45) is 11.7 Å². The topological polar surface area (TPSA) is 84.7 Å². The third kappa shape index (κ3) is 5.23.